The average Bonchev–Trinajstić information content (AvgIpc) is 2.97. The Labute approximate surface area is 145 Å². The van der Waals surface area contributed by atoms with Gasteiger partial charge in [0.15, 0.2) is 6.61 Å². The summed E-state index contributed by atoms with van der Waals surface area (Å²) in [6, 6.07) is 7.33. The number of carbonyl (C=O) groups excluding carboxylic acids is 2. The first kappa shape index (κ1) is 15.7. The van der Waals surface area contributed by atoms with Crippen molar-refractivity contribution in [1.29, 1.82) is 0 Å². The van der Waals surface area contributed by atoms with Crippen LogP contribution < -0.4 is 15.0 Å². The van der Waals surface area contributed by atoms with Crippen LogP contribution in [0.25, 0.3) is 0 Å². The van der Waals surface area contributed by atoms with Gasteiger partial charge in [-0.15, -0.1) is 0 Å². The van der Waals surface area contributed by atoms with E-state index < -0.39 is 0 Å². The van der Waals surface area contributed by atoms with E-state index in [4.69, 9.17) is 4.74 Å². The maximum absolute atomic E-state index is 12.5. The first-order chi connectivity index (χ1) is 12.1. The Morgan fingerprint density at radius 3 is 3.12 bits per heavy atom. The second-order valence-corrected chi connectivity index (χ2v) is 6.49. The fraction of sp³-hybridized carbons (Fsp3) is 0.389. The number of hydrogen-bond acceptors (Lipinski definition) is 4. The summed E-state index contributed by atoms with van der Waals surface area (Å²) in [4.78, 5) is 30.6. The van der Waals surface area contributed by atoms with Gasteiger partial charge in [-0.05, 0) is 25.5 Å². The number of para-hydroxylation sites is 2. The Morgan fingerprint density at radius 2 is 2.24 bits per heavy atom. The molecule has 7 heteroatoms. The van der Waals surface area contributed by atoms with Crippen LogP contribution >= 0.6 is 0 Å². The van der Waals surface area contributed by atoms with Crippen molar-refractivity contribution in [3.63, 3.8) is 0 Å². The number of hydrogen-bond donors (Lipinski definition) is 1. The minimum absolute atomic E-state index is 0.00548. The Hall–Kier alpha value is -2.83. The molecule has 0 unspecified atom stereocenters. The van der Waals surface area contributed by atoms with Crippen molar-refractivity contribution in [3.05, 3.63) is 42.0 Å². The summed E-state index contributed by atoms with van der Waals surface area (Å²) in [6.45, 7) is 2.66. The first-order valence-corrected chi connectivity index (χ1v) is 8.44. The van der Waals surface area contributed by atoms with Crippen LogP contribution in [0.4, 0.5) is 5.69 Å². The molecule has 0 radical (unpaired) electrons. The van der Waals surface area contributed by atoms with E-state index in [1.807, 2.05) is 25.3 Å². The minimum Gasteiger partial charge on any atom is -0.482 e. The monoisotopic (exact) mass is 340 g/mol. The van der Waals surface area contributed by atoms with Gasteiger partial charge in [-0.1, -0.05) is 12.1 Å². The van der Waals surface area contributed by atoms with Crippen molar-refractivity contribution in [2.45, 2.75) is 32.4 Å². The normalized spacial score (nSPS) is 19.0. The number of carbonyl (C=O) groups is 2. The number of ether oxygens (including phenoxy) is 1. The number of nitrogens with zero attached hydrogens (tertiary/aromatic N) is 3. The molecule has 2 aliphatic heterocycles. The summed E-state index contributed by atoms with van der Waals surface area (Å²) in [6.07, 6.45) is 3.71. The molecule has 2 amide bonds. The summed E-state index contributed by atoms with van der Waals surface area (Å²) in [5.74, 6) is 1.34. The molecule has 0 fully saturated rings. The number of imidazole rings is 1. The van der Waals surface area contributed by atoms with Crippen molar-refractivity contribution in [1.82, 2.24) is 14.9 Å². The molecule has 0 spiro atoms. The predicted molar refractivity (Wildman–Crippen MR) is 91.5 cm³/mol. The van der Waals surface area contributed by atoms with E-state index in [2.05, 4.69) is 14.9 Å². The van der Waals surface area contributed by atoms with Gasteiger partial charge in [-0.2, -0.15) is 0 Å². The fourth-order valence-electron chi connectivity index (χ4n) is 3.45. The third-order valence-corrected chi connectivity index (χ3v) is 4.59. The Morgan fingerprint density at radius 1 is 1.40 bits per heavy atom. The van der Waals surface area contributed by atoms with Crippen LogP contribution in [-0.2, 0) is 22.6 Å². The smallest absolute Gasteiger partial charge is 0.265 e. The second-order valence-electron chi connectivity index (χ2n) is 6.49. The molecule has 130 valence electrons. The number of fused-ring (bicyclic) bond motifs is 2. The molecule has 3 heterocycles. The molecule has 25 heavy (non-hydrogen) atoms. The molecule has 0 saturated heterocycles. The quantitative estimate of drug-likeness (QED) is 0.906. The van der Waals surface area contributed by atoms with Crippen LogP contribution in [-0.4, -0.2) is 40.6 Å². The van der Waals surface area contributed by atoms with Gasteiger partial charge in [0.05, 0.1) is 11.4 Å². The number of aryl methyl sites for hydroxylation is 2. The van der Waals surface area contributed by atoms with Crippen molar-refractivity contribution in [3.8, 4) is 5.75 Å². The molecule has 7 nitrogen and oxygen atoms in total. The van der Waals surface area contributed by atoms with Crippen LogP contribution in [0.15, 0.2) is 30.5 Å². The van der Waals surface area contributed by atoms with E-state index in [-0.39, 0.29) is 31.0 Å². The summed E-state index contributed by atoms with van der Waals surface area (Å²) < 4.78 is 7.50. The van der Waals surface area contributed by atoms with Crippen molar-refractivity contribution >= 4 is 17.5 Å². The van der Waals surface area contributed by atoms with Gasteiger partial charge in [-0.3, -0.25) is 14.5 Å². The number of benzene rings is 1. The standard InChI is InChI=1S/C18H20N4O3/c1-12-8-21-9-13(6-7-16(21)19-12)20-17(23)10-22-14-4-2-3-5-15(14)25-11-18(22)24/h2-5,8,13H,6-7,9-11H2,1H3,(H,20,23)/t13-/m0/s1. The van der Waals surface area contributed by atoms with Crippen molar-refractivity contribution < 1.29 is 14.3 Å². The molecule has 0 saturated carbocycles. The van der Waals surface area contributed by atoms with E-state index in [1.54, 1.807) is 12.1 Å². The lowest BCUT2D eigenvalue weighted by Gasteiger charge is -2.30. The fourth-order valence-corrected chi connectivity index (χ4v) is 3.45. The van der Waals surface area contributed by atoms with E-state index >= 15 is 0 Å². The number of rotatable bonds is 3. The summed E-state index contributed by atoms with van der Waals surface area (Å²) in [5.41, 5.74) is 1.64. The Balaban J connectivity index is 1.42. The first-order valence-electron chi connectivity index (χ1n) is 8.44. The molecule has 1 aromatic carbocycles. The summed E-state index contributed by atoms with van der Waals surface area (Å²) >= 11 is 0. The van der Waals surface area contributed by atoms with Gasteiger partial charge >= 0.3 is 0 Å². The molecule has 1 atom stereocenters. The summed E-state index contributed by atoms with van der Waals surface area (Å²) in [5, 5.41) is 3.05. The van der Waals surface area contributed by atoms with E-state index in [0.29, 0.717) is 11.4 Å². The highest BCUT2D eigenvalue weighted by Crippen LogP contribution is 2.31. The zero-order valence-electron chi connectivity index (χ0n) is 14.1. The van der Waals surface area contributed by atoms with Gasteiger partial charge in [0.25, 0.3) is 5.91 Å². The van der Waals surface area contributed by atoms with Crippen LogP contribution in [0.3, 0.4) is 0 Å². The number of nitrogens with one attached hydrogen (secondary N) is 1. The summed E-state index contributed by atoms with van der Waals surface area (Å²) in [7, 11) is 0. The highest BCUT2D eigenvalue weighted by molar-refractivity contribution is 6.02. The van der Waals surface area contributed by atoms with Crippen LogP contribution in [0.5, 0.6) is 5.75 Å². The molecule has 2 aliphatic rings. The predicted octanol–water partition coefficient (Wildman–Crippen LogP) is 1.05. The lowest BCUT2D eigenvalue weighted by atomic mass is 10.1. The van der Waals surface area contributed by atoms with E-state index in [9.17, 15) is 9.59 Å². The van der Waals surface area contributed by atoms with E-state index in [0.717, 1.165) is 30.9 Å². The largest absolute Gasteiger partial charge is 0.482 e. The number of amides is 2. The molecule has 0 bridgehead atoms. The van der Waals surface area contributed by atoms with Crippen molar-refractivity contribution in [2.75, 3.05) is 18.1 Å². The van der Waals surface area contributed by atoms with Gasteiger partial charge in [0, 0.05) is 25.2 Å². The third kappa shape index (κ3) is 3.09. The Bertz CT molecular complexity index is 829. The number of anilines is 1. The topological polar surface area (TPSA) is 76.5 Å². The molecular formula is C18H20N4O3. The average molecular weight is 340 g/mol. The number of aromatic nitrogens is 2. The Kier molecular flexibility index (Phi) is 3.91. The molecule has 0 aliphatic carbocycles. The zero-order valence-corrected chi connectivity index (χ0v) is 14.1. The van der Waals surface area contributed by atoms with Crippen LogP contribution in [0.1, 0.15) is 17.9 Å². The highest BCUT2D eigenvalue weighted by atomic mass is 16.5. The van der Waals surface area contributed by atoms with Crippen molar-refractivity contribution in [2.24, 2.45) is 0 Å². The molecule has 2 aromatic rings. The second kappa shape index (κ2) is 6.23. The van der Waals surface area contributed by atoms with Gasteiger partial charge in [-0.25, -0.2) is 4.98 Å². The van der Waals surface area contributed by atoms with Gasteiger partial charge in [0.2, 0.25) is 5.91 Å². The minimum atomic E-state index is -0.204. The zero-order chi connectivity index (χ0) is 17.4. The maximum atomic E-state index is 12.5. The molecular weight excluding hydrogens is 320 g/mol. The molecule has 1 N–H and O–H groups in total. The lowest BCUT2D eigenvalue weighted by Crippen LogP contribution is -2.48. The highest BCUT2D eigenvalue weighted by Gasteiger charge is 2.28. The maximum Gasteiger partial charge on any atom is 0.265 e. The van der Waals surface area contributed by atoms with E-state index in [1.165, 1.54) is 4.90 Å². The van der Waals surface area contributed by atoms with Gasteiger partial charge < -0.3 is 14.6 Å². The third-order valence-electron chi connectivity index (χ3n) is 4.59. The SMILES string of the molecule is Cc1cn2c(n1)CC[C@H](NC(=O)CN1C(=O)COc3ccccc31)C2. The lowest BCUT2D eigenvalue weighted by molar-refractivity contribution is -0.125. The molecule has 4 rings (SSSR count). The van der Waals surface area contributed by atoms with Crippen LogP contribution in [0.2, 0.25) is 0 Å². The van der Waals surface area contributed by atoms with Crippen LogP contribution in [0, 0.1) is 6.92 Å². The molecule has 1 aromatic heterocycles. The van der Waals surface area contributed by atoms with Gasteiger partial charge in [0.1, 0.15) is 18.1 Å².